The molecule has 0 aliphatic heterocycles. The maximum atomic E-state index is 5.21. The molecule has 26 heavy (non-hydrogen) atoms. The van der Waals surface area contributed by atoms with Crippen LogP contribution in [0.4, 0.5) is 0 Å². The molecule has 5 nitrogen and oxygen atoms in total. The predicted octanol–water partition coefficient (Wildman–Crippen LogP) is 4.33. The highest BCUT2D eigenvalue weighted by Gasteiger charge is 2.19. The van der Waals surface area contributed by atoms with Gasteiger partial charge in [0, 0.05) is 12.3 Å². The molecule has 2 aromatic heterocycles. The number of hydrogen-bond acceptors (Lipinski definition) is 5. The van der Waals surface area contributed by atoms with Crippen LogP contribution in [0.15, 0.2) is 54.6 Å². The zero-order valence-electron chi connectivity index (χ0n) is 14.8. The Kier molecular flexibility index (Phi) is 4.67. The zero-order valence-corrected chi connectivity index (χ0v) is 15.6. The Balaban J connectivity index is 1.64. The molecule has 0 fully saturated rings. The summed E-state index contributed by atoms with van der Waals surface area (Å²) in [6, 6.07) is 18.5. The van der Waals surface area contributed by atoms with Crippen LogP contribution in [0.5, 0.6) is 5.75 Å². The van der Waals surface area contributed by atoms with E-state index in [9.17, 15) is 0 Å². The van der Waals surface area contributed by atoms with Crippen molar-refractivity contribution in [3.8, 4) is 5.75 Å². The summed E-state index contributed by atoms with van der Waals surface area (Å²) in [6.45, 7) is 2.19. The lowest BCUT2D eigenvalue weighted by Gasteiger charge is -2.11. The highest BCUT2D eigenvalue weighted by atomic mass is 32.1. The van der Waals surface area contributed by atoms with E-state index < -0.39 is 0 Å². The largest absolute Gasteiger partial charge is 0.497 e. The molecule has 2 heterocycles. The van der Waals surface area contributed by atoms with Gasteiger partial charge in [-0.05, 0) is 29.7 Å². The van der Waals surface area contributed by atoms with Gasteiger partial charge in [-0.3, -0.25) is 0 Å². The van der Waals surface area contributed by atoms with Gasteiger partial charge < -0.3 is 4.74 Å². The number of rotatable bonds is 6. The molecule has 0 saturated carbocycles. The van der Waals surface area contributed by atoms with Gasteiger partial charge in [0.1, 0.15) is 10.8 Å². The Hall–Kier alpha value is -2.73. The van der Waals surface area contributed by atoms with E-state index >= 15 is 0 Å². The summed E-state index contributed by atoms with van der Waals surface area (Å²) in [5, 5.41) is 14.6. The summed E-state index contributed by atoms with van der Waals surface area (Å²) in [6.07, 6.45) is 1.69. The summed E-state index contributed by atoms with van der Waals surface area (Å²) in [5.41, 5.74) is 2.45. The van der Waals surface area contributed by atoms with E-state index in [4.69, 9.17) is 9.84 Å². The van der Waals surface area contributed by atoms with E-state index in [-0.39, 0.29) is 5.92 Å². The van der Waals surface area contributed by atoms with Crippen molar-refractivity contribution >= 4 is 16.3 Å². The van der Waals surface area contributed by atoms with Crippen LogP contribution in [-0.2, 0) is 6.42 Å². The molecule has 4 rings (SSSR count). The standard InChI is InChI=1S/C20H20N4OS/c1-3-17(15-7-5-4-6-8-15)19-23-24-18(21-22-20(24)26-19)13-14-9-11-16(25-2)12-10-14/h4-12,17H,3,13H2,1-2H3/t17-/m1/s1. The lowest BCUT2D eigenvalue weighted by Crippen LogP contribution is -2.02. The second-order valence-electron chi connectivity index (χ2n) is 6.15. The van der Waals surface area contributed by atoms with Gasteiger partial charge >= 0.3 is 0 Å². The van der Waals surface area contributed by atoms with Crippen LogP contribution in [0.3, 0.4) is 0 Å². The van der Waals surface area contributed by atoms with Crippen LogP contribution >= 0.6 is 11.3 Å². The molecular formula is C20H20N4OS. The van der Waals surface area contributed by atoms with Gasteiger partial charge in [0.2, 0.25) is 4.96 Å². The Morgan fingerprint density at radius 3 is 2.50 bits per heavy atom. The van der Waals surface area contributed by atoms with Gasteiger partial charge in [-0.25, -0.2) is 0 Å². The lowest BCUT2D eigenvalue weighted by molar-refractivity contribution is 0.414. The van der Waals surface area contributed by atoms with Crippen molar-refractivity contribution in [3.05, 3.63) is 76.6 Å². The van der Waals surface area contributed by atoms with E-state index in [1.165, 1.54) is 5.56 Å². The SMILES string of the molecule is CC[C@H](c1ccccc1)c1nn2c(Cc3ccc(OC)cc3)nnc2s1. The van der Waals surface area contributed by atoms with Crippen molar-refractivity contribution in [3.63, 3.8) is 0 Å². The molecule has 0 spiro atoms. The van der Waals surface area contributed by atoms with Crippen LogP contribution in [0.2, 0.25) is 0 Å². The highest BCUT2D eigenvalue weighted by Crippen LogP contribution is 2.31. The second kappa shape index (κ2) is 7.25. The molecule has 2 aromatic carbocycles. The van der Waals surface area contributed by atoms with E-state index in [2.05, 4.69) is 41.4 Å². The summed E-state index contributed by atoms with van der Waals surface area (Å²) < 4.78 is 7.10. The number of fused-ring (bicyclic) bond motifs is 1. The van der Waals surface area contributed by atoms with E-state index in [0.717, 1.165) is 33.5 Å². The normalized spacial score (nSPS) is 12.4. The monoisotopic (exact) mass is 364 g/mol. The van der Waals surface area contributed by atoms with Gasteiger partial charge in [0.25, 0.3) is 0 Å². The third kappa shape index (κ3) is 3.20. The zero-order chi connectivity index (χ0) is 17.9. The van der Waals surface area contributed by atoms with Crippen LogP contribution in [0.1, 0.15) is 41.2 Å². The first-order valence-electron chi connectivity index (χ1n) is 8.67. The average molecular weight is 364 g/mol. The Morgan fingerprint density at radius 2 is 1.81 bits per heavy atom. The molecule has 0 aliphatic rings. The molecule has 0 bridgehead atoms. The highest BCUT2D eigenvalue weighted by molar-refractivity contribution is 7.16. The quantitative estimate of drug-likeness (QED) is 0.511. The fourth-order valence-electron chi connectivity index (χ4n) is 3.09. The fourth-order valence-corrected chi connectivity index (χ4v) is 4.16. The van der Waals surface area contributed by atoms with Crippen molar-refractivity contribution in [1.82, 2.24) is 19.8 Å². The number of nitrogens with zero attached hydrogens (tertiary/aromatic N) is 4. The molecule has 4 aromatic rings. The van der Waals surface area contributed by atoms with Gasteiger partial charge in [0.05, 0.1) is 7.11 Å². The van der Waals surface area contributed by atoms with Crippen molar-refractivity contribution in [2.24, 2.45) is 0 Å². The van der Waals surface area contributed by atoms with Gasteiger partial charge in [-0.15, -0.1) is 10.2 Å². The van der Waals surface area contributed by atoms with E-state index in [1.54, 1.807) is 18.4 Å². The topological polar surface area (TPSA) is 52.3 Å². The van der Waals surface area contributed by atoms with Gasteiger partial charge in [-0.2, -0.15) is 9.61 Å². The first-order valence-corrected chi connectivity index (χ1v) is 9.49. The van der Waals surface area contributed by atoms with Crippen LogP contribution in [0.25, 0.3) is 4.96 Å². The third-order valence-corrected chi connectivity index (χ3v) is 5.51. The average Bonchev–Trinajstić information content (AvgIpc) is 3.26. The molecular weight excluding hydrogens is 344 g/mol. The molecule has 0 aliphatic carbocycles. The fraction of sp³-hybridized carbons (Fsp3) is 0.250. The van der Waals surface area contributed by atoms with Crippen LogP contribution in [0, 0.1) is 0 Å². The minimum Gasteiger partial charge on any atom is -0.497 e. The van der Waals surface area contributed by atoms with Crippen LogP contribution < -0.4 is 4.74 Å². The predicted molar refractivity (Wildman–Crippen MR) is 103 cm³/mol. The number of benzene rings is 2. The molecule has 0 N–H and O–H groups in total. The molecule has 1 atom stereocenters. The first-order chi connectivity index (χ1) is 12.8. The summed E-state index contributed by atoms with van der Waals surface area (Å²) in [4.78, 5) is 0.845. The Labute approximate surface area is 156 Å². The third-order valence-electron chi connectivity index (χ3n) is 4.50. The Morgan fingerprint density at radius 1 is 1.04 bits per heavy atom. The Bertz CT molecular complexity index is 992. The molecule has 132 valence electrons. The maximum Gasteiger partial charge on any atom is 0.234 e. The van der Waals surface area contributed by atoms with Gasteiger partial charge in [-0.1, -0.05) is 60.7 Å². The molecule has 0 radical (unpaired) electrons. The number of hydrogen-bond donors (Lipinski definition) is 0. The number of methoxy groups -OCH3 is 1. The number of aromatic nitrogens is 4. The van der Waals surface area contributed by atoms with E-state index in [1.807, 2.05) is 34.8 Å². The van der Waals surface area contributed by atoms with Crippen molar-refractivity contribution in [1.29, 1.82) is 0 Å². The lowest BCUT2D eigenvalue weighted by atomic mass is 9.97. The molecule has 0 unspecified atom stereocenters. The van der Waals surface area contributed by atoms with Crippen molar-refractivity contribution < 1.29 is 4.74 Å². The summed E-state index contributed by atoms with van der Waals surface area (Å²) in [5.74, 6) is 2.00. The van der Waals surface area contributed by atoms with Crippen LogP contribution in [-0.4, -0.2) is 26.9 Å². The van der Waals surface area contributed by atoms with Gasteiger partial charge in [0.15, 0.2) is 5.82 Å². The summed E-state index contributed by atoms with van der Waals surface area (Å²) >= 11 is 1.62. The smallest absolute Gasteiger partial charge is 0.234 e. The first kappa shape index (κ1) is 16.7. The minimum absolute atomic E-state index is 0.289. The van der Waals surface area contributed by atoms with E-state index in [0.29, 0.717) is 6.42 Å². The molecule has 0 amide bonds. The number of ether oxygens (including phenoxy) is 1. The summed E-state index contributed by atoms with van der Waals surface area (Å²) in [7, 11) is 1.67. The van der Waals surface area contributed by atoms with Crippen molar-refractivity contribution in [2.45, 2.75) is 25.7 Å². The maximum absolute atomic E-state index is 5.21. The molecule has 6 heteroatoms. The second-order valence-corrected chi connectivity index (χ2v) is 7.13. The molecule has 0 saturated heterocycles. The minimum atomic E-state index is 0.289. The van der Waals surface area contributed by atoms with Crippen molar-refractivity contribution in [2.75, 3.05) is 7.11 Å².